The van der Waals surface area contributed by atoms with Crippen molar-refractivity contribution >= 4 is 27.2 Å². The van der Waals surface area contributed by atoms with Gasteiger partial charge in [0.2, 0.25) is 0 Å². The molecule has 0 unspecified atom stereocenters. The van der Waals surface area contributed by atoms with Gasteiger partial charge in [0.25, 0.3) is 10.0 Å². The normalized spacial score (nSPS) is 19.7. The number of hydrogen-bond donors (Lipinski definition) is 0. The zero-order chi connectivity index (χ0) is 20.3. The second kappa shape index (κ2) is 6.20. The van der Waals surface area contributed by atoms with E-state index in [0.29, 0.717) is 12.0 Å². The lowest BCUT2D eigenvalue weighted by Gasteiger charge is -2.09. The molecule has 1 aliphatic carbocycles. The van der Waals surface area contributed by atoms with Gasteiger partial charge in [0, 0.05) is 17.5 Å². The van der Waals surface area contributed by atoms with Crippen LogP contribution in [0.5, 0.6) is 0 Å². The molecule has 1 aliphatic rings. The van der Waals surface area contributed by atoms with Crippen molar-refractivity contribution in [1.82, 2.24) is 3.97 Å². The Balaban J connectivity index is 1.94. The maximum Gasteiger partial charge on any atom is 0.416 e. The maximum absolute atomic E-state index is 13.2. The highest BCUT2D eigenvalue weighted by Gasteiger charge is 2.41. The molecule has 146 valence electrons. The van der Waals surface area contributed by atoms with E-state index in [9.17, 15) is 26.4 Å². The number of aldehydes is 1. The third-order valence-corrected chi connectivity index (χ3v) is 6.81. The Kier molecular flexibility index (Phi) is 4.15. The second-order valence-corrected chi connectivity index (χ2v) is 8.89. The number of alkyl halides is 3. The fourth-order valence-corrected chi connectivity index (χ4v) is 4.82. The lowest BCUT2D eigenvalue weighted by atomic mass is 10.1. The number of aryl methyl sites for hydroxylation is 1. The Morgan fingerprint density at radius 2 is 1.79 bits per heavy atom. The summed E-state index contributed by atoms with van der Waals surface area (Å²) in [4.78, 5) is 11.1. The van der Waals surface area contributed by atoms with Gasteiger partial charge in [-0.3, -0.25) is 0 Å². The third kappa shape index (κ3) is 3.01. The zero-order valence-electron chi connectivity index (χ0n) is 14.8. The number of nitrogens with zero attached hydrogens (tertiary/aromatic N) is 1. The van der Waals surface area contributed by atoms with Crippen molar-refractivity contribution in [3.05, 3.63) is 65.4 Å². The smallest absolute Gasteiger partial charge is 0.303 e. The van der Waals surface area contributed by atoms with Gasteiger partial charge < -0.3 is 4.79 Å². The second-order valence-electron chi connectivity index (χ2n) is 7.07. The van der Waals surface area contributed by atoms with E-state index < -0.39 is 21.8 Å². The highest BCUT2D eigenvalue weighted by molar-refractivity contribution is 7.90. The van der Waals surface area contributed by atoms with Crippen molar-refractivity contribution in [2.24, 2.45) is 5.92 Å². The molecule has 28 heavy (non-hydrogen) atoms. The molecule has 1 heterocycles. The third-order valence-electron chi connectivity index (χ3n) is 5.12. The van der Waals surface area contributed by atoms with E-state index in [2.05, 4.69) is 0 Å². The Labute approximate surface area is 159 Å². The molecular weight excluding hydrogens is 391 g/mol. The van der Waals surface area contributed by atoms with Crippen LogP contribution in [0, 0.1) is 12.8 Å². The highest BCUT2D eigenvalue weighted by atomic mass is 32.2. The molecule has 0 saturated heterocycles. The Morgan fingerprint density at radius 3 is 2.36 bits per heavy atom. The topological polar surface area (TPSA) is 56.1 Å². The van der Waals surface area contributed by atoms with Gasteiger partial charge >= 0.3 is 6.18 Å². The molecule has 2 aromatic carbocycles. The first-order chi connectivity index (χ1) is 13.1. The average Bonchev–Trinajstić information content (AvgIpc) is 3.32. The molecule has 3 aromatic rings. The number of benzene rings is 2. The van der Waals surface area contributed by atoms with Crippen LogP contribution in [0.25, 0.3) is 10.9 Å². The van der Waals surface area contributed by atoms with E-state index in [1.54, 1.807) is 12.1 Å². The Morgan fingerprint density at radius 1 is 1.11 bits per heavy atom. The summed E-state index contributed by atoms with van der Waals surface area (Å²) >= 11 is 0. The molecule has 8 heteroatoms. The fourth-order valence-electron chi connectivity index (χ4n) is 3.44. The molecule has 0 spiro atoms. The van der Waals surface area contributed by atoms with Crippen LogP contribution in [0.2, 0.25) is 0 Å². The number of rotatable bonds is 4. The first-order valence-corrected chi connectivity index (χ1v) is 10.1. The summed E-state index contributed by atoms with van der Waals surface area (Å²) in [6.07, 6.45) is -1.93. The minimum Gasteiger partial charge on any atom is -0.303 e. The number of aromatic nitrogens is 1. The van der Waals surface area contributed by atoms with E-state index in [-0.39, 0.29) is 27.6 Å². The van der Waals surface area contributed by atoms with Crippen LogP contribution in [0.1, 0.15) is 29.0 Å². The van der Waals surface area contributed by atoms with Crippen LogP contribution < -0.4 is 0 Å². The van der Waals surface area contributed by atoms with Crippen molar-refractivity contribution in [2.45, 2.75) is 30.3 Å². The SMILES string of the molecule is Cc1ccc(S(=O)(=O)n2cc([C@@H]3C[C@H]3C=O)c3cc(C(F)(F)F)ccc32)cc1. The monoisotopic (exact) mass is 407 g/mol. The van der Waals surface area contributed by atoms with Crippen molar-refractivity contribution in [1.29, 1.82) is 0 Å². The van der Waals surface area contributed by atoms with Gasteiger partial charge in [0.15, 0.2) is 0 Å². The molecule has 2 atom stereocenters. The lowest BCUT2D eigenvalue weighted by molar-refractivity contribution is -0.137. The summed E-state index contributed by atoms with van der Waals surface area (Å²) in [7, 11) is -3.99. The van der Waals surface area contributed by atoms with E-state index >= 15 is 0 Å². The fraction of sp³-hybridized carbons (Fsp3) is 0.250. The first kappa shape index (κ1) is 18.7. The van der Waals surface area contributed by atoms with E-state index in [1.807, 2.05) is 6.92 Å². The summed E-state index contributed by atoms with van der Waals surface area (Å²) < 4.78 is 66.8. The zero-order valence-corrected chi connectivity index (χ0v) is 15.6. The largest absolute Gasteiger partial charge is 0.416 e. The van der Waals surface area contributed by atoms with Crippen LogP contribution in [-0.2, 0) is 21.0 Å². The molecule has 0 radical (unpaired) electrons. The molecule has 1 saturated carbocycles. The van der Waals surface area contributed by atoms with Gasteiger partial charge in [-0.1, -0.05) is 17.7 Å². The van der Waals surface area contributed by atoms with Gasteiger partial charge in [0.05, 0.1) is 16.0 Å². The van der Waals surface area contributed by atoms with E-state index in [4.69, 9.17) is 0 Å². The summed E-state index contributed by atoms with van der Waals surface area (Å²) in [5, 5.41) is 0.208. The van der Waals surface area contributed by atoms with Gasteiger partial charge in [-0.2, -0.15) is 13.2 Å². The standard InChI is InChI=1S/C20H16F3NO3S/c1-12-2-5-15(6-3-12)28(26,27)24-10-18(16-8-13(16)11-25)17-9-14(20(21,22)23)4-7-19(17)24/h2-7,9-11,13,16H,8H2,1H3/t13-,16+/m0/s1. The van der Waals surface area contributed by atoms with Gasteiger partial charge in [-0.05, 0) is 55.2 Å². The van der Waals surface area contributed by atoms with E-state index in [0.717, 1.165) is 28.0 Å². The van der Waals surface area contributed by atoms with E-state index in [1.165, 1.54) is 24.4 Å². The molecule has 0 amide bonds. The molecule has 0 bridgehead atoms. The number of carbonyl (C=O) groups is 1. The number of fused-ring (bicyclic) bond motifs is 1. The summed E-state index contributed by atoms with van der Waals surface area (Å²) in [6, 6.07) is 9.25. The van der Waals surface area contributed by atoms with Crippen molar-refractivity contribution in [3.8, 4) is 0 Å². The first-order valence-electron chi connectivity index (χ1n) is 8.62. The summed E-state index contributed by atoms with van der Waals surface area (Å²) in [5.74, 6) is -0.561. The Hall–Kier alpha value is -2.61. The minimum atomic E-state index is -4.54. The van der Waals surface area contributed by atoms with Crippen LogP contribution in [0.15, 0.2) is 53.6 Å². The number of hydrogen-bond acceptors (Lipinski definition) is 3. The highest BCUT2D eigenvalue weighted by Crippen LogP contribution is 2.49. The number of halogens is 3. The van der Waals surface area contributed by atoms with Crippen molar-refractivity contribution < 1.29 is 26.4 Å². The number of carbonyl (C=O) groups excluding carboxylic acids is 1. The summed E-state index contributed by atoms with van der Waals surface area (Å²) in [6.45, 7) is 1.82. The molecule has 0 N–H and O–H groups in total. The minimum absolute atomic E-state index is 0.0455. The Bertz CT molecular complexity index is 1180. The van der Waals surface area contributed by atoms with Gasteiger partial charge in [0.1, 0.15) is 6.29 Å². The van der Waals surface area contributed by atoms with Crippen molar-refractivity contribution in [2.75, 3.05) is 0 Å². The maximum atomic E-state index is 13.2. The molecule has 1 fully saturated rings. The molecule has 0 aliphatic heterocycles. The van der Waals surface area contributed by atoms with Crippen LogP contribution in [0.4, 0.5) is 13.2 Å². The summed E-state index contributed by atoms with van der Waals surface area (Å²) in [5.41, 5.74) is 0.655. The molecule has 4 rings (SSSR count). The van der Waals surface area contributed by atoms with Crippen LogP contribution in [-0.4, -0.2) is 18.7 Å². The van der Waals surface area contributed by atoms with Crippen molar-refractivity contribution in [3.63, 3.8) is 0 Å². The molecule has 1 aromatic heterocycles. The quantitative estimate of drug-likeness (QED) is 0.598. The lowest BCUT2D eigenvalue weighted by Crippen LogP contribution is -2.12. The van der Waals surface area contributed by atoms with Gasteiger partial charge in [-0.15, -0.1) is 0 Å². The average molecular weight is 407 g/mol. The molecule has 4 nitrogen and oxygen atoms in total. The van der Waals surface area contributed by atoms with Crippen LogP contribution in [0.3, 0.4) is 0 Å². The van der Waals surface area contributed by atoms with Gasteiger partial charge in [-0.25, -0.2) is 12.4 Å². The molecular formula is C20H16F3NO3S. The predicted molar refractivity (Wildman–Crippen MR) is 97.6 cm³/mol. The predicted octanol–water partition coefficient (Wildman–Crippen LogP) is 4.51. The van der Waals surface area contributed by atoms with Crippen LogP contribution >= 0.6 is 0 Å².